The normalized spacial score (nSPS) is 24.5. The largest absolute Gasteiger partial charge is 0.393 e. The summed E-state index contributed by atoms with van der Waals surface area (Å²) in [5.41, 5.74) is 0. The summed E-state index contributed by atoms with van der Waals surface area (Å²) in [5.74, 6) is -1.27. The molecule has 126 valence electrons. The van der Waals surface area contributed by atoms with E-state index in [-0.39, 0.29) is 6.42 Å². The smallest absolute Gasteiger partial charge is 0.313 e. The molecule has 0 spiro atoms. The summed E-state index contributed by atoms with van der Waals surface area (Å²) in [6.07, 6.45) is -0.332. The number of alkyl halides is 3. The average molecular weight is 330 g/mol. The first-order chi connectivity index (χ1) is 9.66. The van der Waals surface area contributed by atoms with E-state index in [4.69, 9.17) is 0 Å². The van der Waals surface area contributed by atoms with Crippen molar-refractivity contribution < 1.29 is 21.6 Å². The van der Waals surface area contributed by atoms with Crippen LogP contribution in [0.2, 0.25) is 0 Å². The molecule has 1 fully saturated rings. The monoisotopic (exact) mass is 330 g/mol. The van der Waals surface area contributed by atoms with Crippen molar-refractivity contribution in [3.8, 4) is 0 Å². The lowest BCUT2D eigenvalue weighted by molar-refractivity contribution is -0.188. The van der Waals surface area contributed by atoms with Crippen LogP contribution in [0, 0.1) is 5.92 Å². The predicted octanol–water partition coefficient (Wildman–Crippen LogP) is 2.37. The maximum atomic E-state index is 12.9. The van der Waals surface area contributed by atoms with Crippen molar-refractivity contribution in [2.75, 3.05) is 25.9 Å². The van der Waals surface area contributed by atoms with Crippen LogP contribution < -0.4 is 5.32 Å². The minimum absolute atomic E-state index is 0.186. The molecule has 0 aromatic carbocycles. The molecule has 8 heteroatoms. The Kier molecular flexibility index (Phi) is 6.93. The number of halogens is 3. The minimum atomic E-state index is -4.15. The Bertz CT molecular complexity index is 412. The summed E-state index contributed by atoms with van der Waals surface area (Å²) in [6, 6.07) is -0.535. The van der Waals surface area contributed by atoms with Crippen LogP contribution in [0.4, 0.5) is 13.2 Å². The van der Waals surface area contributed by atoms with Gasteiger partial charge in [-0.1, -0.05) is 19.8 Å². The van der Waals surface area contributed by atoms with Crippen LogP contribution in [-0.2, 0) is 10.0 Å². The molecule has 0 amide bonds. The lowest BCUT2D eigenvalue weighted by Gasteiger charge is -2.33. The zero-order valence-electron chi connectivity index (χ0n) is 12.6. The Labute approximate surface area is 125 Å². The van der Waals surface area contributed by atoms with Crippen LogP contribution in [0.15, 0.2) is 0 Å². The first-order valence-corrected chi connectivity index (χ1v) is 9.26. The topological polar surface area (TPSA) is 49.4 Å². The SMILES string of the molecule is CCN(CCCNC1CCCCC1C(F)(F)F)S(C)(=O)=O. The third-order valence-corrected chi connectivity index (χ3v) is 5.38. The van der Waals surface area contributed by atoms with Gasteiger partial charge >= 0.3 is 6.18 Å². The molecule has 1 N–H and O–H groups in total. The molecule has 2 unspecified atom stereocenters. The molecule has 0 aliphatic heterocycles. The van der Waals surface area contributed by atoms with Gasteiger partial charge in [0.1, 0.15) is 0 Å². The molecule has 0 radical (unpaired) electrons. The molecule has 1 saturated carbocycles. The molecular formula is C13H25F3N2O2S. The molecule has 1 aliphatic rings. The van der Waals surface area contributed by atoms with E-state index in [9.17, 15) is 21.6 Å². The van der Waals surface area contributed by atoms with Crippen molar-refractivity contribution in [3.05, 3.63) is 0 Å². The standard InChI is InChI=1S/C13H25F3N2O2S/c1-3-18(21(2,19)20)10-6-9-17-12-8-5-4-7-11(12)13(14,15)16/h11-12,17H,3-10H2,1-2H3. The fourth-order valence-electron chi connectivity index (χ4n) is 2.87. The maximum absolute atomic E-state index is 12.9. The van der Waals surface area contributed by atoms with Gasteiger partial charge in [0, 0.05) is 19.1 Å². The molecule has 0 heterocycles. The molecule has 2 atom stereocenters. The first-order valence-electron chi connectivity index (χ1n) is 7.41. The van der Waals surface area contributed by atoms with Gasteiger partial charge in [-0.2, -0.15) is 13.2 Å². The minimum Gasteiger partial charge on any atom is -0.313 e. The zero-order valence-corrected chi connectivity index (χ0v) is 13.4. The Morgan fingerprint density at radius 1 is 1.24 bits per heavy atom. The number of sulfonamides is 1. The van der Waals surface area contributed by atoms with Crippen LogP contribution in [-0.4, -0.2) is 50.8 Å². The summed E-state index contributed by atoms with van der Waals surface area (Å²) in [6.45, 7) is 2.87. The highest BCUT2D eigenvalue weighted by Crippen LogP contribution is 2.37. The lowest BCUT2D eigenvalue weighted by atomic mass is 9.84. The Hall–Kier alpha value is -0.340. The van der Waals surface area contributed by atoms with Crippen molar-refractivity contribution in [2.24, 2.45) is 5.92 Å². The van der Waals surface area contributed by atoms with Gasteiger partial charge in [0.25, 0.3) is 0 Å². The number of hydrogen-bond donors (Lipinski definition) is 1. The molecule has 0 bridgehead atoms. The lowest BCUT2D eigenvalue weighted by Crippen LogP contribution is -2.46. The fourth-order valence-corrected chi connectivity index (χ4v) is 3.80. The second kappa shape index (κ2) is 7.78. The van der Waals surface area contributed by atoms with Gasteiger partial charge in [0.15, 0.2) is 0 Å². The summed E-state index contributed by atoms with van der Waals surface area (Å²) in [4.78, 5) is 0. The maximum Gasteiger partial charge on any atom is 0.393 e. The number of rotatable bonds is 7. The Morgan fingerprint density at radius 3 is 2.38 bits per heavy atom. The van der Waals surface area contributed by atoms with Crippen LogP contribution >= 0.6 is 0 Å². The fraction of sp³-hybridized carbons (Fsp3) is 1.00. The van der Waals surface area contributed by atoms with E-state index in [0.717, 1.165) is 12.7 Å². The van der Waals surface area contributed by atoms with Gasteiger partial charge in [-0.25, -0.2) is 12.7 Å². The summed E-state index contributed by atoms with van der Waals surface area (Å²) in [7, 11) is -3.23. The van der Waals surface area contributed by atoms with Crippen LogP contribution in [0.5, 0.6) is 0 Å². The van der Waals surface area contributed by atoms with E-state index in [0.29, 0.717) is 38.9 Å². The number of hydrogen-bond acceptors (Lipinski definition) is 3. The van der Waals surface area contributed by atoms with E-state index in [1.807, 2.05) is 0 Å². The second-order valence-electron chi connectivity index (χ2n) is 5.60. The first kappa shape index (κ1) is 18.7. The Balaban J connectivity index is 2.40. The Morgan fingerprint density at radius 2 is 1.86 bits per heavy atom. The van der Waals surface area contributed by atoms with Gasteiger partial charge in [0.05, 0.1) is 12.2 Å². The van der Waals surface area contributed by atoms with Crippen molar-refractivity contribution >= 4 is 10.0 Å². The van der Waals surface area contributed by atoms with Crippen LogP contribution in [0.1, 0.15) is 39.0 Å². The molecule has 4 nitrogen and oxygen atoms in total. The van der Waals surface area contributed by atoms with Crippen molar-refractivity contribution in [2.45, 2.75) is 51.2 Å². The highest BCUT2D eigenvalue weighted by molar-refractivity contribution is 7.88. The van der Waals surface area contributed by atoms with Gasteiger partial charge < -0.3 is 5.32 Å². The third kappa shape index (κ3) is 6.12. The van der Waals surface area contributed by atoms with Crippen LogP contribution in [0.3, 0.4) is 0 Å². The van der Waals surface area contributed by atoms with E-state index in [2.05, 4.69) is 5.32 Å². The average Bonchev–Trinajstić information content (AvgIpc) is 2.36. The number of nitrogens with one attached hydrogen (secondary N) is 1. The highest BCUT2D eigenvalue weighted by Gasteiger charge is 2.45. The van der Waals surface area contributed by atoms with Crippen LogP contribution in [0.25, 0.3) is 0 Å². The molecule has 21 heavy (non-hydrogen) atoms. The summed E-state index contributed by atoms with van der Waals surface area (Å²) in [5, 5.41) is 2.97. The highest BCUT2D eigenvalue weighted by atomic mass is 32.2. The number of nitrogens with zero attached hydrogens (tertiary/aromatic N) is 1. The van der Waals surface area contributed by atoms with Crippen molar-refractivity contribution in [1.82, 2.24) is 9.62 Å². The predicted molar refractivity (Wildman–Crippen MR) is 76.5 cm³/mol. The van der Waals surface area contributed by atoms with Crippen molar-refractivity contribution in [3.63, 3.8) is 0 Å². The second-order valence-corrected chi connectivity index (χ2v) is 7.58. The zero-order chi connectivity index (χ0) is 16.1. The molecule has 1 aliphatic carbocycles. The van der Waals surface area contributed by atoms with E-state index < -0.39 is 28.2 Å². The van der Waals surface area contributed by atoms with Gasteiger partial charge in [-0.15, -0.1) is 0 Å². The molecular weight excluding hydrogens is 305 g/mol. The quantitative estimate of drug-likeness (QED) is 0.729. The van der Waals surface area contributed by atoms with E-state index in [1.54, 1.807) is 6.92 Å². The van der Waals surface area contributed by atoms with Gasteiger partial charge in [0.2, 0.25) is 10.0 Å². The van der Waals surface area contributed by atoms with Gasteiger partial charge in [-0.05, 0) is 25.8 Å². The molecule has 0 aromatic rings. The van der Waals surface area contributed by atoms with Gasteiger partial charge in [-0.3, -0.25) is 0 Å². The summed E-state index contributed by atoms with van der Waals surface area (Å²) < 4.78 is 62.9. The molecule has 0 saturated heterocycles. The molecule has 0 aromatic heterocycles. The van der Waals surface area contributed by atoms with E-state index >= 15 is 0 Å². The molecule has 1 rings (SSSR count). The van der Waals surface area contributed by atoms with E-state index in [1.165, 1.54) is 4.31 Å². The summed E-state index contributed by atoms with van der Waals surface area (Å²) >= 11 is 0. The third-order valence-electron chi connectivity index (χ3n) is 4.00. The van der Waals surface area contributed by atoms with Crippen molar-refractivity contribution in [1.29, 1.82) is 0 Å².